The quantitative estimate of drug-likeness (QED) is 0.712. The molecule has 0 bridgehead atoms. The first kappa shape index (κ1) is 17.4. The van der Waals surface area contributed by atoms with Gasteiger partial charge in [0.2, 0.25) is 17.8 Å². The summed E-state index contributed by atoms with van der Waals surface area (Å²) in [5.41, 5.74) is 0. The first-order valence-corrected chi connectivity index (χ1v) is 7.62. The normalized spacial score (nSPS) is 10.8. The number of hydrogen-bond acceptors (Lipinski definition) is 7. The number of hydrogen-bond donors (Lipinski definition) is 2. The zero-order valence-corrected chi connectivity index (χ0v) is 13.8. The van der Waals surface area contributed by atoms with Crippen LogP contribution in [0.5, 0.6) is 0 Å². The number of nitrogens with one attached hydrogen (secondary N) is 1. The Kier molecular flexibility index (Phi) is 7.14. The monoisotopic (exact) mass is 296 g/mol. The van der Waals surface area contributed by atoms with Crippen molar-refractivity contribution in [3.8, 4) is 0 Å². The molecule has 21 heavy (non-hydrogen) atoms. The lowest BCUT2D eigenvalue weighted by atomic mass is 10.1. The minimum absolute atomic E-state index is 0.0794. The third-order valence-corrected chi connectivity index (χ3v) is 3.33. The second-order valence-electron chi connectivity index (χ2n) is 5.07. The van der Waals surface area contributed by atoms with Crippen LogP contribution in [0.25, 0.3) is 0 Å². The van der Waals surface area contributed by atoms with Gasteiger partial charge >= 0.3 is 0 Å². The van der Waals surface area contributed by atoms with Gasteiger partial charge in [-0.25, -0.2) is 0 Å². The molecule has 1 heterocycles. The molecule has 1 aromatic heterocycles. The lowest BCUT2D eigenvalue weighted by molar-refractivity contribution is 0.295. The van der Waals surface area contributed by atoms with Gasteiger partial charge < -0.3 is 20.2 Å². The number of aliphatic hydroxyl groups excluding tert-OH is 1. The fourth-order valence-electron chi connectivity index (χ4n) is 2.20. The molecular formula is C14H28N6O. The van der Waals surface area contributed by atoms with Crippen molar-refractivity contribution in [2.45, 2.75) is 39.7 Å². The van der Waals surface area contributed by atoms with Gasteiger partial charge in [0.25, 0.3) is 0 Å². The molecular weight excluding hydrogens is 268 g/mol. The van der Waals surface area contributed by atoms with Gasteiger partial charge in [0.05, 0.1) is 6.61 Å². The largest absolute Gasteiger partial charge is 0.395 e. The average Bonchev–Trinajstić information content (AvgIpc) is 2.47. The van der Waals surface area contributed by atoms with Gasteiger partial charge in [0.1, 0.15) is 0 Å². The molecule has 0 aliphatic carbocycles. The molecule has 7 heteroatoms. The van der Waals surface area contributed by atoms with Crippen molar-refractivity contribution in [1.29, 1.82) is 0 Å². The van der Waals surface area contributed by atoms with E-state index in [1.54, 1.807) is 0 Å². The summed E-state index contributed by atoms with van der Waals surface area (Å²) < 4.78 is 0. The minimum Gasteiger partial charge on any atom is -0.395 e. The Hall–Kier alpha value is -1.63. The van der Waals surface area contributed by atoms with Crippen LogP contribution in [0.2, 0.25) is 0 Å². The Morgan fingerprint density at radius 2 is 1.67 bits per heavy atom. The zero-order valence-electron chi connectivity index (χ0n) is 13.8. The highest BCUT2D eigenvalue weighted by atomic mass is 16.3. The Balaban J connectivity index is 3.21. The summed E-state index contributed by atoms with van der Waals surface area (Å²) in [6.07, 6.45) is 1.96. The van der Waals surface area contributed by atoms with E-state index in [9.17, 15) is 5.11 Å². The van der Waals surface area contributed by atoms with Gasteiger partial charge in [-0.2, -0.15) is 15.0 Å². The maximum absolute atomic E-state index is 9.35. The molecule has 0 atom stereocenters. The van der Waals surface area contributed by atoms with Crippen LogP contribution in [0, 0.1) is 0 Å². The van der Waals surface area contributed by atoms with Crippen LogP contribution >= 0.6 is 0 Å². The molecule has 0 saturated heterocycles. The molecule has 0 unspecified atom stereocenters. The summed E-state index contributed by atoms with van der Waals surface area (Å²) >= 11 is 0. The van der Waals surface area contributed by atoms with Crippen molar-refractivity contribution >= 4 is 17.8 Å². The van der Waals surface area contributed by atoms with Crippen LogP contribution in [-0.4, -0.2) is 59.9 Å². The second-order valence-corrected chi connectivity index (χ2v) is 5.07. The first-order valence-electron chi connectivity index (χ1n) is 7.62. The number of aliphatic hydroxyl groups is 1. The lowest BCUT2D eigenvalue weighted by Crippen LogP contribution is -2.38. The smallest absolute Gasteiger partial charge is 0.232 e. The highest BCUT2D eigenvalue weighted by Crippen LogP contribution is 2.19. The van der Waals surface area contributed by atoms with E-state index in [-0.39, 0.29) is 6.61 Å². The third-order valence-electron chi connectivity index (χ3n) is 3.33. The molecule has 1 aromatic rings. The minimum atomic E-state index is 0.0794. The SMILES string of the molecule is CCNc1nc(N(C)C)nc(N(CCO)C(CC)CC)n1. The number of anilines is 3. The summed E-state index contributed by atoms with van der Waals surface area (Å²) in [6, 6.07) is 0.309. The van der Waals surface area contributed by atoms with Crippen LogP contribution in [0.1, 0.15) is 33.6 Å². The van der Waals surface area contributed by atoms with E-state index < -0.39 is 0 Å². The predicted molar refractivity (Wildman–Crippen MR) is 87.1 cm³/mol. The molecule has 7 nitrogen and oxygen atoms in total. The number of nitrogens with zero attached hydrogens (tertiary/aromatic N) is 5. The fraction of sp³-hybridized carbons (Fsp3) is 0.786. The van der Waals surface area contributed by atoms with Crippen molar-refractivity contribution in [2.75, 3.05) is 48.9 Å². The van der Waals surface area contributed by atoms with E-state index in [4.69, 9.17) is 0 Å². The Labute approximate surface area is 127 Å². The average molecular weight is 296 g/mol. The molecule has 0 aromatic carbocycles. The van der Waals surface area contributed by atoms with Crippen LogP contribution in [0.15, 0.2) is 0 Å². The summed E-state index contributed by atoms with van der Waals surface area (Å²) in [5, 5.41) is 12.5. The standard InChI is InChI=1S/C14H28N6O/c1-6-11(7-2)20(9-10-21)14-17-12(15-8-3)16-13(18-14)19(4)5/h11,21H,6-10H2,1-5H3,(H,15,16,17,18). The molecule has 120 valence electrons. The lowest BCUT2D eigenvalue weighted by Gasteiger charge is -2.30. The number of aromatic nitrogens is 3. The Morgan fingerprint density at radius 1 is 1.05 bits per heavy atom. The molecule has 0 aliphatic heterocycles. The van der Waals surface area contributed by atoms with E-state index in [0.717, 1.165) is 19.4 Å². The summed E-state index contributed by atoms with van der Waals surface area (Å²) in [5.74, 6) is 1.80. The molecule has 0 spiro atoms. The second kappa shape index (κ2) is 8.61. The van der Waals surface area contributed by atoms with Gasteiger partial charge in [0, 0.05) is 33.2 Å². The molecule has 0 fully saturated rings. The summed E-state index contributed by atoms with van der Waals surface area (Å²) in [4.78, 5) is 17.3. The zero-order chi connectivity index (χ0) is 15.8. The summed E-state index contributed by atoms with van der Waals surface area (Å²) in [6.45, 7) is 7.63. The van der Waals surface area contributed by atoms with E-state index in [0.29, 0.717) is 30.4 Å². The van der Waals surface area contributed by atoms with Gasteiger partial charge in [0.15, 0.2) is 0 Å². The van der Waals surface area contributed by atoms with Crippen molar-refractivity contribution < 1.29 is 5.11 Å². The first-order chi connectivity index (χ1) is 10.1. The number of rotatable bonds is 9. The highest BCUT2D eigenvalue weighted by Gasteiger charge is 2.20. The molecule has 1 rings (SSSR count). The predicted octanol–water partition coefficient (Wildman–Crippen LogP) is 1.36. The van der Waals surface area contributed by atoms with Crippen LogP contribution in [0.3, 0.4) is 0 Å². The maximum Gasteiger partial charge on any atom is 0.232 e. The maximum atomic E-state index is 9.35. The molecule has 0 amide bonds. The van der Waals surface area contributed by atoms with Gasteiger partial charge in [-0.15, -0.1) is 0 Å². The van der Waals surface area contributed by atoms with E-state index in [2.05, 4.69) is 39.0 Å². The van der Waals surface area contributed by atoms with E-state index >= 15 is 0 Å². The van der Waals surface area contributed by atoms with Crippen molar-refractivity contribution in [1.82, 2.24) is 15.0 Å². The fourth-order valence-corrected chi connectivity index (χ4v) is 2.20. The molecule has 0 aliphatic rings. The van der Waals surface area contributed by atoms with Crippen molar-refractivity contribution in [2.24, 2.45) is 0 Å². The van der Waals surface area contributed by atoms with Crippen LogP contribution < -0.4 is 15.1 Å². The van der Waals surface area contributed by atoms with Crippen LogP contribution in [-0.2, 0) is 0 Å². The van der Waals surface area contributed by atoms with Crippen molar-refractivity contribution in [3.63, 3.8) is 0 Å². The summed E-state index contributed by atoms with van der Waals surface area (Å²) in [7, 11) is 3.81. The van der Waals surface area contributed by atoms with E-state index in [1.165, 1.54) is 0 Å². The molecule has 2 N–H and O–H groups in total. The molecule has 0 saturated carbocycles. The van der Waals surface area contributed by atoms with Gasteiger partial charge in [-0.3, -0.25) is 0 Å². The van der Waals surface area contributed by atoms with Crippen molar-refractivity contribution in [3.05, 3.63) is 0 Å². The highest BCUT2D eigenvalue weighted by molar-refractivity contribution is 5.45. The van der Waals surface area contributed by atoms with E-state index in [1.807, 2.05) is 25.9 Å². The third kappa shape index (κ3) is 4.70. The van der Waals surface area contributed by atoms with Gasteiger partial charge in [-0.05, 0) is 19.8 Å². The Bertz CT molecular complexity index is 422. The van der Waals surface area contributed by atoms with Gasteiger partial charge in [-0.1, -0.05) is 13.8 Å². The topological polar surface area (TPSA) is 77.4 Å². The molecule has 0 radical (unpaired) electrons. The Morgan fingerprint density at radius 3 is 2.14 bits per heavy atom. The van der Waals surface area contributed by atoms with Crippen LogP contribution in [0.4, 0.5) is 17.8 Å².